The van der Waals surface area contributed by atoms with E-state index in [1.165, 1.54) is 0 Å². The number of amides is 1. The molecule has 4 heteroatoms. The summed E-state index contributed by atoms with van der Waals surface area (Å²) in [5.74, 6) is 0.121. The van der Waals surface area contributed by atoms with Gasteiger partial charge in [-0.05, 0) is 30.9 Å². The minimum Gasteiger partial charge on any atom is -0.393 e. The highest BCUT2D eigenvalue weighted by molar-refractivity contribution is 7.80. The Morgan fingerprint density at radius 3 is 2.68 bits per heavy atom. The van der Waals surface area contributed by atoms with Crippen LogP contribution in [-0.2, 0) is 6.42 Å². The van der Waals surface area contributed by atoms with Gasteiger partial charge in [0.2, 0.25) is 0 Å². The van der Waals surface area contributed by atoms with Crippen molar-refractivity contribution in [1.82, 2.24) is 4.90 Å². The molecule has 0 aliphatic heterocycles. The number of nitrogens with two attached hydrogens (primary N) is 1. The number of benzene rings is 1. The van der Waals surface area contributed by atoms with Crippen LogP contribution in [0.1, 0.15) is 42.1 Å². The molecule has 1 amide bonds. The van der Waals surface area contributed by atoms with Crippen molar-refractivity contribution in [3.63, 3.8) is 0 Å². The molecule has 1 aromatic rings. The molecule has 102 valence electrons. The monoisotopic (exact) mass is 276 g/mol. The van der Waals surface area contributed by atoms with Gasteiger partial charge in [0, 0.05) is 24.6 Å². The van der Waals surface area contributed by atoms with Crippen molar-refractivity contribution in [2.75, 3.05) is 6.54 Å². The third-order valence-electron chi connectivity index (χ3n) is 3.48. The summed E-state index contributed by atoms with van der Waals surface area (Å²) in [6, 6.07) is 8.21. The second kappa shape index (κ2) is 6.15. The molecule has 0 unspecified atom stereocenters. The van der Waals surface area contributed by atoms with Gasteiger partial charge < -0.3 is 10.6 Å². The number of thiocarbonyl (C=S) groups is 1. The van der Waals surface area contributed by atoms with E-state index in [0.717, 1.165) is 30.4 Å². The highest BCUT2D eigenvalue weighted by Crippen LogP contribution is 2.29. The molecule has 0 saturated heterocycles. The van der Waals surface area contributed by atoms with E-state index in [2.05, 4.69) is 6.92 Å². The second-order valence-electron chi connectivity index (χ2n) is 4.96. The Kier molecular flexibility index (Phi) is 4.53. The Labute approximate surface area is 119 Å². The van der Waals surface area contributed by atoms with Crippen LogP contribution in [-0.4, -0.2) is 28.4 Å². The van der Waals surface area contributed by atoms with Crippen molar-refractivity contribution in [2.45, 2.75) is 38.6 Å². The van der Waals surface area contributed by atoms with Gasteiger partial charge in [0.15, 0.2) is 0 Å². The van der Waals surface area contributed by atoms with E-state index in [0.29, 0.717) is 24.0 Å². The van der Waals surface area contributed by atoms with E-state index in [1.807, 2.05) is 29.2 Å². The number of carbonyl (C=O) groups excluding carboxylic acids is 1. The van der Waals surface area contributed by atoms with Gasteiger partial charge >= 0.3 is 0 Å². The van der Waals surface area contributed by atoms with E-state index in [9.17, 15) is 4.79 Å². The van der Waals surface area contributed by atoms with Crippen molar-refractivity contribution >= 4 is 23.1 Å². The normalized spacial score (nSPS) is 14.2. The van der Waals surface area contributed by atoms with Gasteiger partial charge in [0.25, 0.3) is 5.91 Å². The molecular weight excluding hydrogens is 256 g/mol. The molecule has 0 heterocycles. The van der Waals surface area contributed by atoms with Gasteiger partial charge in [-0.3, -0.25) is 4.79 Å². The van der Waals surface area contributed by atoms with E-state index >= 15 is 0 Å². The predicted octanol–water partition coefficient (Wildman–Crippen LogP) is 2.53. The van der Waals surface area contributed by atoms with E-state index in [4.69, 9.17) is 18.0 Å². The van der Waals surface area contributed by atoms with Crippen molar-refractivity contribution in [3.8, 4) is 0 Å². The van der Waals surface area contributed by atoms with E-state index < -0.39 is 0 Å². The predicted molar refractivity (Wildman–Crippen MR) is 81.3 cm³/mol. The van der Waals surface area contributed by atoms with Crippen LogP contribution in [0.15, 0.2) is 24.3 Å². The molecule has 1 saturated carbocycles. The van der Waals surface area contributed by atoms with Crippen molar-refractivity contribution in [2.24, 2.45) is 5.73 Å². The van der Waals surface area contributed by atoms with Gasteiger partial charge in [-0.15, -0.1) is 0 Å². The molecule has 3 nitrogen and oxygen atoms in total. The molecule has 0 atom stereocenters. The number of aryl methyl sites for hydroxylation is 1. The molecule has 2 rings (SSSR count). The summed E-state index contributed by atoms with van der Waals surface area (Å²) in [4.78, 5) is 15.1. The molecule has 1 fully saturated rings. The molecule has 1 aliphatic carbocycles. The van der Waals surface area contributed by atoms with Crippen molar-refractivity contribution in [3.05, 3.63) is 35.4 Å². The quantitative estimate of drug-likeness (QED) is 0.812. The summed E-state index contributed by atoms with van der Waals surface area (Å²) in [5.41, 5.74) is 7.47. The molecule has 1 aromatic carbocycles. The van der Waals surface area contributed by atoms with Crippen molar-refractivity contribution < 1.29 is 4.79 Å². The van der Waals surface area contributed by atoms with Gasteiger partial charge in [-0.25, -0.2) is 0 Å². The van der Waals surface area contributed by atoms with Crippen LogP contribution < -0.4 is 5.73 Å². The van der Waals surface area contributed by atoms with Gasteiger partial charge in [-0.1, -0.05) is 37.3 Å². The number of hydrogen-bond donors (Lipinski definition) is 1. The van der Waals surface area contributed by atoms with Crippen LogP contribution in [0.25, 0.3) is 0 Å². The van der Waals surface area contributed by atoms with Crippen LogP contribution in [0.2, 0.25) is 0 Å². The smallest absolute Gasteiger partial charge is 0.254 e. The summed E-state index contributed by atoms with van der Waals surface area (Å²) in [7, 11) is 0. The molecule has 2 N–H and O–H groups in total. The summed E-state index contributed by atoms with van der Waals surface area (Å²) in [6.45, 7) is 2.71. The maximum atomic E-state index is 12.7. The molecule has 0 bridgehead atoms. The van der Waals surface area contributed by atoms with E-state index in [1.54, 1.807) is 0 Å². The highest BCUT2D eigenvalue weighted by atomic mass is 32.1. The SMILES string of the molecule is CCc1ccccc1C(=O)N(CCC(N)=S)C1CC1. The minimum absolute atomic E-state index is 0.121. The largest absolute Gasteiger partial charge is 0.393 e. The lowest BCUT2D eigenvalue weighted by Crippen LogP contribution is -2.36. The summed E-state index contributed by atoms with van der Waals surface area (Å²) >= 11 is 4.91. The van der Waals surface area contributed by atoms with Crippen LogP contribution >= 0.6 is 12.2 Å². The Morgan fingerprint density at radius 1 is 1.42 bits per heavy atom. The number of hydrogen-bond acceptors (Lipinski definition) is 2. The zero-order chi connectivity index (χ0) is 13.8. The first-order valence-electron chi connectivity index (χ1n) is 6.80. The fourth-order valence-corrected chi connectivity index (χ4v) is 2.35. The lowest BCUT2D eigenvalue weighted by molar-refractivity contribution is 0.0747. The molecule has 0 aromatic heterocycles. The Balaban J connectivity index is 2.16. The molecule has 1 aliphatic rings. The first-order valence-corrected chi connectivity index (χ1v) is 7.21. The van der Waals surface area contributed by atoms with Crippen LogP contribution in [0.5, 0.6) is 0 Å². The maximum absolute atomic E-state index is 12.7. The zero-order valence-electron chi connectivity index (χ0n) is 11.3. The minimum atomic E-state index is 0.121. The molecule has 0 radical (unpaired) electrons. The fraction of sp³-hybridized carbons (Fsp3) is 0.467. The average Bonchev–Trinajstić information content (AvgIpc) is 3.23. The molecule has 0 spiro atoms. The number of rotatable bonds is 6. The standard InChI is InChI=1S/C15H20N2OS/c1-2-11-5-3-4-6-13(11)15(18)17(12-7-8-12)10-9-14(16)19/h3-6,12H,2,7-10H2,1H3,(H2,16,19). The van der Waals surface area contributed by atoms with E-state index in [-0.39, 0.29) is 5.91 Å². The first kappa shape index (κ1) is 14.0. The zero-order valence-corrected chi connectivity index (χ0v) is 12.1. The number of carbonyl (C=O) groups is 1. The highest BCUT2D eigenvalue weighted by Gasteiger charge is 2.33. The molecular formula is C15H20N2OS. The third kappa shape index (κ3) is 3.53. The first-order chi connectivity index (χ1) is 9.13. The number of nitrogens with zero attached hydrogens (tertiary/aromatic N) is 1. The fourth-order valence-electron chi connectivity index (χ4n) is 2.26. The third-order valence-corrected chi connectivity index (χ3v) is 3.68. The topological polar surface area (TPSA) is 46.3 Å². The van der Waals surface area contributed by atoms with Gasteiger partial charge in [0.1, 0.15) is 0 Å². The summed E-state index contributed by atoms with van der Waals surface area (Å²) in [5, 5.41) is 0. The van der Waals surface area contributed by atoms with Gasteiger partial charge in [0.05, 0.1) is 4.99 Å². The lowest BCUT2D eigenvalue weighted by atomic mass is 10.0. The van der Waals surface area contributed by atoms with Crippen LogP contribution in [0.3, 0.4) is 0 Å². The lowest BCUT2D eigenvalue weighted by Gasteiger charge is -2.23. The Bertz CT molecular complexity index is 483. The van der Waals surface area contributed by atoms with Crippen LogP contribution in [0.4, 0.5) is 0 Å². The Morgan fingerprint density at radius 2 is 2.11 bits per heavy atom. The maximum Gasteiger partial charge on any atom is 0.254 e. The van der Waals surface area contributed by atoms with Crippen molar-refractivity contribution in [1.29, 1.82) is 0 Å². The molecule has 19 heavy (non-hydrogen) atoms. The second-order valence-corrected chi connectivity index (χ2v) is 5.48. The Hall–Kier alpha value is -1.42. The summed E-state index contributed by atoms with van der Waals surface area (Å²) in [6.07, 6.45) is 3.66. The summed E-state index contributed by atoms with van der Waals surface area (Å²) < 4.78 is 0. The van der Waals surface area contributed by atoms with Gasteiger partial charge in [-0.2, -0.15) is 0 Å². The average molecular weight is 276 g/mol. The van der Waals surface area contributed by atoms with Crippen LogP contribution in [0, 0.1) is 0 Å².